The fourth-order valence-corrected chi connectivity index (χ4v) is 1.25. The van der Waals surface area contributed by atoms with Crippen LogP contribution < -0.4 is 4.74 Å². The van der Waals surface area contributed by atoms with Crippen molar-refractivity contribution in [1.29, 1.82) is 0 Å². The van der Waals surface area contributed by atoms with Crippen molar-refractivity contribution >= 4 is 11.6 Å². The predicted octanol–water partition coefficient (Wildman–Crippen LogP) is 2.05. The van der Waals surface area contributed by atoms with Gasteiger partial charge in [-0.05, 0) is 5.56 Å². The van der Waals surface area contributed by atoms with E-state index < -0.39 is 0 Å². The molecule has 0 amide bonds. The Morgan fingerprint density at radius 2 is 2.07 bits per heavy atom. The summed E-state index contributed by atoms with van der Waals surface area (Å²) in [6.45, 7) is 0.488. The highest BCUT2D eigenvalue weighted by molar-refractivity contribution is 6.15. The first-order valence-corrected chi connectivity index (χ1v) is 5.05. The van der Waals surface area contributed by atoms with Gasteiger partial charge in [-0.25, -0.2) is 4.68 Å². The van der Waals surface area contributed by atoms with Gasteiger partial charge in [-0.3, -0.25) is 0 Å². The SMILES string of the molecule is ClCn1cc(OCc2ccccc2)nn1. The molecule has 5 heteroatoms. The van der Waals surface area contributed by atoms with E-state index in [1.54, 1.807) is 6.20 Å². The van der Waals surface area contributed by atoms with Crippen LogP contribution in [0.2, 0.25) is 0 Å². The Balaban J connectivity index is 1.93. The fourth-order valence-electron chi connectivity index (χ4n) is 1.14. The van der Waals surface area contributed by atoms with E-state index in [1.807, 2.05) is 30.3 Å². The molecular formula is C10H10ClN3O. The van der Waals surface area contributed by atoms with E-state index in [1.165, 1.54) is 4.68 Å². The van der Waals surface area contributed by atoms with E-state index in [9.17, 15) is 0 Å². The first-order chi connectivity index (χ1) is 7.38. The summed E-state index contributed by atoms with van der Waals surface area (Å²) in [5, 5.41) is 7.57. The molecule has 0 fully saturated rings. The minimum Gasteiger partial charge on any atom is -0.471 e. The summed E-state index contributed by atoms with van der Waals surface area (Å²) in [4.78, 5) is 0. The molecule has 1 aromatic carbocycles. The normalized spacial score (nSPS) is 10.2. The van der Waals surface area contributed by atoms with Gasteiger partial charge >= 0.3 is 0 Å². The summed E-state index contributed by atoms with van der Waals surface area (Å²) >= 11 is 5.56. The Bertz CT molecular complexity index is 416. The lowest BCUT2D eigenvalue weighted by atomic mass is 10.2. The lowest BCUT2D eigenvalue weighted by Gasteiger charge is -2.00. The summed E-state index contributed by atoms with van der Waals surface area (Å²) in [5.74, 6) is 0.486. The number of hydrogen-bond donors (Lipinski definition) is 0. The van der Waals surface area contributed by atoms with Crippen molar-refractivity contribution in [2.24, 2.45) is 0 Å². The van der Waals surface area contributed by atoms with Crippen LogP contribution in [-0.4, -0.2) is 15.0 Å². The zero-order valence-corrected chi connectivity index (χ0v) is 8.76. The number of alkyl halides is 1. The molecule has 1 heterocycles. The van der Waals surface area contributed by atoms with Gasteiger partial charge in [0.1, 0.15) is 12.6 Å². The van der Waals surface area contributed by atoms with Crippen molar-refractivity contribution in [2.75, 3.05) is 0 Å². The maximum atomic E-state index is 5.56. The Labute approximate surface area is 92.4 Å². The highest BCUT2D eigenvalue weighted by Crippen LogP contribution is 2.07. The molecule has 0 saturated carbocycles. The zero-order chi connectivity index (χ0) is 10.5. The summed E-state index contributed by atoms with van der Waals surface area (Å²) < 4.78 is 6.92. The van der Waals surface area contributed by atoms with Crippen LogP contribution in [0.25, 0.3) is 0 Å². The second kappa shape index (κ2) is 4.79. The van der Waals surface area contributed by atoms with Gasteiger partial charge in [0.15, 0.2) is 0 Å². The second-order valence-corrected chi connectivity index (χ2v) is 3.23. The molecule has 1 aromatic heterocycles. The molecule has 0 saturated heterocycles. The molecule has 0 spiro atoms. The third-order valence-corrected chi connectivity index (χ3v) is 2.11. The van der Waals surface area contributed by atoms with Gasteiger partial charge in [-0.1, -0.05) is 40.6 Å². The third-order valence-electron chi connectivity index (χ3n) is 1.87. The van der Waals surface area contributed by atoms with Crippen LogP contribution in [-0.2, 0) is 12.6 Å². The average Bonchev–Trinajstić information content (AvgIpc) is 2.76. The van der Waals surface area contributed by atoms with Gasteiger partial charge < -0.3 is 4.74 Å². The third kappa shape index (κ3) is 2.70. The Morgan fingerprint density at radius 1 is 1.27 bits per heavy atom. The van der Waals surface area contributed by atoms with Gasteiger partial charge in [0.05, 0.1) is 6.20 Å². The van der Waals surface area contributed by atoms with Crippen LogP contribution >= 0.6 is 11.6 Å². The van der Waals surface area contributed by atoms with Crippen molar-refractivity contribution in [3.8, 4) is 5.88 Å². The molecule has 0 aliphatic heterocycles. The second-order valence-electron chi connectivity index (χ2n) is 2.99. The van der Waals surface area contributed by atoms with Crippen molar-refractivity contribution in [3.63, 3.8) is 0 Å². The topological polar surface area (TPSA) is 39.9 Å². The Morgan fingerprint density at radius 3 is 2.73 bits per heavy atom. The minimum absolute atomic E-state index is 0.279. The van der Waals surface area contributed by atoms with Gasteiger partial charge in [0, 0.05) is 0 Å². The lowest BCUT2D eigenvalue weighted by molar-refractivity contribution is 0.293. The number of halogens is 1. The smallest absolute Gasteiger partial charge is 0.253 e. The van der Waals surface area contributed by atoms with Crippen molar-refractivity contribution in [3.05, 3.63) is 42.1 Å². The number of ether oxygens (including phenoxy) is 1. The van der Waals surface area contributed by atoms with Crippen LogP contribution in [0.3, 0.4) is 0 Å². The first kappa shape index (κ1) is 9.98. The molecular weight excluding hydrogens is 214 g/mol. The van der Waals surface area contributed by atoms with Gasteiger partial charge in [0.2, 0.25) is 0 Å². The van der Waals surface area contributed by atoms with E-state index in [4.69, 9.17) is 16.3 Å². The van der Waals surface area contributed by atoms with Gasteiger partial charge in [-0.15, -0.1) is 11.6 Å². The van der Waals surface area contributed by atoms with Gasteiger partial charge in [0.25, 0.3) is 5.88 Å². The van der Waals surface area contributed by atoms with E-state index >= 15 is 0 Å². The van der Waals surface area contributed by atoms with Gasteiger partial charge in [-0.2, -0.15) is 0 Å². The molecule has 0 bridgehead atoms. The first-order valence-electron chi connectivity index (χ1n) is 4.51. The summed E-state index contributed by atoms with van der Waals surface area (Å²) in [5.41, 5.74) is 1.10. The van der Waals surface area contributed by atoms with Crippen LogP contribution in [0.1, 0.15) is 5.56 Å². The van der Waals surface area contributed by atoms with E-state index in [0.717, 1.165) is 5.56 Å². The number of rotatable bonds is 4. The monoisotopic (exact) mass is 223 g/mol. The molecule has 0 unspecified atom stereocenters. The largest absolute Gasteiger partial charge is 0.471 e. The maximum Gasteiger partial charge on any atom is 0.253 e. The van der Waals surface area contributed by atoms with Crippen LogP contribution in [0.5, 0.6) is 5.88 Å². The molecule has 78 valence electrons. The Kier molecular flexibility index (Phi) is 3.19. The van der Waals surface area contributed by atoms with Crippen molar-refractivity contribution < 1.29 is 4.74 Å². The molecule has 0 N–H and O–H groups in total. The molecule has 15 heavy (non-hydrogen) atoms. The molecule has 2 rings (SSSR count). The number of hydrogen-bond acceptors (Lipinski definition) is 3. The molecule has 0 atom stereocenters. The zero-order valence-electron chi connectivity index (χ0n) is 8.01. The fraction of sp³-hybridized carbons (Fsp3) is 0.200. The van der Waals surface area contributed by atoms with E-state index in [-0.39, 0.29) is 6.00 Å². The average molecular weight is 224 g/mol. The van der Waals surface area contributed by atoms with Crippen LogP contribution in [0.4, 0.5) is 0 Å². The van der Waals surface area contributed by atoms with Crippen molar-refractivity contribution in [1.82, 2.24) is 15.0 Å². The minimum atomic E-state index is 0.279. The van der Waals surface area contributed by atoms with Crippen LogP contribution in [0.15, 0.2) is 36.5 Å². The lowest BCUT2D eigenvalue weighted by Crippen LogP contribution is -1.94. The Hall–Kier alpha value is -1.55. The standard InChI is InChI=1S/C10H10ClN3O/c11-8-14-6-10(12-13-14)15-7-9-4-2-1-3-5-9/h1-6H,7-8H2. The molecule has 2 aromatic rings. The predicted molar refractivity (Wildman–Crippen MR) is 56.6 cm³/mol. The van der Waals surface area contributed by atoms with E-state index in [2.05, 4.69) is 10.3 Å². The van der Waals surface area contributed by atoms with Crippen molar-refractivity contribution in [2.45, 2.75) is 12.6 Å². The summed E-state index contributed by atoms with van der Waals surface area (Å²) in [7, 11) is 0. The molecule has 0 aliphatic carbocycles. The quantitative estimate of drug-likeness (QED) is 0.745. The molecule has 0 aliphatic rings. The molecule has 0 radical (unpaired) electrons. The number of aromatic nitrogens is 3. The number of benzene rings is 1. The van der Waals surface area contributed by atoms with E-state index in [0.29, 0.717) is 12.5 Å². The highest BCUT2D eigenvalue weighted by Gasteiger charge is 2.00. The molecule has 4 nitrogen and oxygen atoms in total. The number of nitrogens with zero attached hydrogens (tertiary/aromatic N) is 3. The summed E-state index contributed by atoms with van der Waals surface area (Å²) in [6, 6.07) is 10.2. The highest BCUT2D eigenvalue weighted by atomic mass is 35.5. The van der Waals surface area contributed by atoms with Crippen LogP contribution in [0, 0.1) is 0 Å². The summed E-state index contributed by atoms with van der Waals surface area (Å²) in [6.07, 6.45) is 1.66. The maximum absolute atomic E-state index is 5.56.